The molecule has 1 nitrogen and oxygen atoms in total. The van der Waals surface area contributed by atoms with Gasteiger partial charge < -0.3 is 5.11 Å². The molecular formula is C14H18F12O. The topological polar surface area (TPSA) is 20.2 Å². The zero-order valence-corrected chi connectivity index (χ0v) is 14.1. The van der Waals surface area contributed by atoms with Crippen molar-refractivity contribution in [2.24, 2.45) is 10.8 Å². The van der Waals surface area contributed by atoms with Crippen LogP contribution in [0.15, 0.2) is 12.7 Å². The first-order valence-corrected chi connectivity index (χ1v) is 7.11. The zero-order chi connectivity index (χ0) is 22.5. The van der Waals surface area contributed by atoms with Gasteiger partial charge in [0, 0.05) is 6.61 Å². The highest BCUT2D eigenvalue weighted by Crippen LogP contribution is 2.53. The lowest BCUT2D eigenvalue weighted by Gasteiger charge is -2.33. The van der Waals surface area contributed by atoms with Gasteiger partial charge in [-0.25, -0.2) is 0 Å². The summed E-state index contributed by atoms with van der Waals surface area (Å²) in [5.41, 5.74) is -7.43. The van der Waals surface area contributed by atoms with Crippen LogP contribution in [0.1, 0.15) is 33.1 Å². The molecule has 0 aliphatic heterocycles. The van der Waals surface area contributed by atoms with E-state index in [1.165, 1.54) is 0 Å². The Kier molecular flexibility index (Phi) is 9.26. The Bertz CT molecular complexity index is 427. The number of alkyl halides is 12. The molecule has 164 valence electrons. The van der Waals surface area contributed by atoms with Gasteiger partial charge in [-0.3, -0.25) is 0 Å². The fourth-order valence-electron chi connectivity index (χ4n) is 1.56. The third-order valence-corrected chi connectivity index (χ3v) is 3.89. The highest BCUT2D eigenvalue weighted by Gasteiger charge is 2.67. The van der Waals surface area contributed by atoms with Crippen LogP contribution >= 0.6 is 0 Å². The lowest BCUT2D eigenvalue weighted by atomic mass is 9.84. The van der Waals surface area contributed by atoms with Crippen molar-refractivity contribution in [2.45, 2.75) is 57.8 Å². The Labute approximate surface area is 147 Å². The highest BCUT2D eigenvalue weighted by atomic mass is 19.4. The monoisotopic (exact) mass is 430 g/mol. The van der Waals surface area contributed by atoms with E-state index in [9.17, 15) is 52.7 Å². The Hall–Kier alpha value is -1.14. The second-order valence-electron chi connectivity index (χ2n) is 5.98. The second-order valence-corrected chi connectivity index (χ2v) is 5.98. The summed E-state index contributed by atoms with van der Waals surface area (Å²) in [6.07, 6.45) is -23.5. The second kappa shape index (κ2) is 8.91. The van der Waals surface area contributed by atoms with Gasteiger partial charge in [0.2, 0.25) is 0 Å². The van der Waals surface area contributed by atoms with Crippen molar-refractivity contribution in [1.29, 1.82) is 0 Å². The van der Waals surface area contributed by atoms with Gasteiger partial charge >= 0.3 is 24.7 Å². The molecule has 0 aromatic carbocycles. The maximum atomic E-state index is 12.1. The van der Waals surface area contributed by atoms with E-state index in [2.05, 4.69) is 6.58 Å². The maximum absolute atomic E-state index is 12.1. The minimum Gasteiger partial charge on any atom is -0.396 e. The molecule has 0 aromatic rings. The van der Waals surface area contributed by atoms with Crippen molar-refractivity contribution < 1.29 is 57.8 Å². The third-order valence-electron chi connectivity index (χ3n) is 3.89. The fourth-order valence-corrected chi connectivity index (χ4v) is 1.56. The largest absolute Gasteiger partial charge is 0.403 e. The van der Waals surface area contributed by atoms with Crippen molar-refractivity contribution in [3.8, 4) is 0 Å². The van der Waals surface area contributed by atoms with Crippen LogP contribution in [0.25, 0.3) is 0 Å². The maximum Gasteiger partial charge on any atom is 0.403 e. The quantitative estimate of drug-likeness (QED) is 0.386. The molecule has 27 heavy (non-hydrogen) atoms. The van der Waals surface area contributed by atoms with Gasteiger partial charge in [-0.05, 0) is 33.1 Å². The SMILES string of the molecule is C=CCC(C)(C(F)(F)F)C(F)(F)F.CC(CCCO)(C(F)(F)F)C(F)(F)F. The molecule has 0 saturated heterocycles. The molecular weight excluding hydrogens is 412 g/mol. The van der Waals surface area contributed by atoms with E-state index in [1.54, 1.807) is 0 Å². The Morgan fingerprint density at radius 2 is 0.963 bits per heavy atom. The normalized spacial score (nSPS) is 14.5. The number of halogens is 12. The van der Waals surface area contributed by atoms with E-state index >= 15 is 0 Å². The van der Waals surface area contributed by atoms with Gasteiger partial charge in [0.05, 0.1) is 0 Å². The van der Waals surface area contributed by atoms with E-state index in [4.69, 9.17) is 5.11 Å². The van der Waals surface area contributed by atoms with Crippen LogP contribution < -0.4 is 0 Å². The first-order valence-electron chi connectivity index (χ1n) is 7.11. The third kappa shape index (κ3) is 6.75. The van der Waals surface area contributed by atoms with Gasteiger partial charge in [-0.15, -0.1) is 6.58 Å². The van der Waals surface area contributed by atoms with Crippen LogP contribution in [0.5, 0.6) is 0 Å². The molecule has 0 unspecified atom stereocenters. The summed E-state index contributed by atoms with van der Waals surface area (Å²) in [4.78, 5) is 0. The molecule has 0 aromatic heterocycles. The standard InChI is InChI=1S/C7H10F6O.C7H8F6/c1-5(3-2-4-14,6(8,9)10)7(11,12)13;1-3-4-5(2,6(8,9)10)7(11,12)13/h14H,2-4H2,1H3;3H,1,4H2,2H3. The van der Waals surface area contributed by atoms with Gasteiger partial charge in [0.15, 0.2) is 10.8 Å². The Morgan fingerprint density at radius 3 is 1.11 bits per heavy atom. The molecule has 0 spiro atoms. The number of aliphatic hydroxyl groups is 1. The summed E-state index contributed by atoms with van der Waals surface area (Å²) in [5, 5.41) is 8.23. The molecule has 0 amide bonds. The minimum atomic E-state index is -5.35. The molecule has 0 radical (unpaired) electrons. The number of hydrogen-bond donors (Lipinski definition) is 1. The molecule has 0 aliphatic carbocycles. The zero-order valence-electron chi connectivity index (χ0n) is 14.1. The molecule has 0 aliphatic rings. The number of aliphatic hydroxyl groups excluding tert-OH is 1. The van der Waals surface area contributed by atoms with Crippen LogP contribution in [-0.2, 0) is 0 Å². The van der Waals surface area contributed by atoms with Crippen LogP contribution in [-0.4, -0.2) is 36.4 Å². The molecule has 13 heteroatoms. The molecule has 0 bridgehead atoms. The van der Waals surface area contributed by atoms with Crippen molar-refractivity contribution >= 4 is 0 Å². The summed E-state index contributed by atoms with van der Waals surface area (Å²) < 4.78 is 145. The average molecular weight is 430 g/mol. The van der Waals surface area contributed by atoms with Crippen LogP contribution in [0.3, 0.4) is 0 Å². The summed E-state index contributed by atoms with van der Waals surface area (Å²) in [7, 11) is 0. The number of allylic oxidation sites excluding steroid dienone is 1. The molecule has 0 fully saturated rings. The fraction of sp³-hybridized carbons (Fsp3) is 0.857. The predicted octanol–water partition coefficient (Wildman–Crippen LogP) is 6.58. The smallest absolute Gasteiger partial charge is 0.396 e. The predicted molar refractivity (Wildman–Crippen MR) is 71.6 cm³/mol. The van der Waals surface area contributed by atoms with E-state index in [0.29, 0.717) is 6.08 Å². The van der Waals surface area contributed by atoms with Gasteiger partial charge in [-0.1, -0.05) is 6.08 Å². The van der Waals surface area contributed by atoms with Crippen LogP contribution in [0, 0.1) is 10.8 Å². The number of rotatable bonds is 5. The van der Waals surface area contributed by atoms with E-state index in [-0.39, 0.29) is 13.8 Å². The van der Waals surface area contributed by atoms with Gasteiger partial charge in [0.25, 0.3) is 0 Å². The summed E-state index contributed by atoms with van der Waals surface area (Å²) in [6, 6.07) is 0. The first-order chi connectivity index (χ1) is 11.6. The lowest BCUT2D eigenvalue weighted by Crippen LogP contribution is -2.47. The van der Waals surface area contributed by atoms with Gasteiger partial charge in [-0.2, -0.15) is 52.7 Å². The van der Waals surface area contributed by atoms with Crippen molar-refractivity contribution in [2.75, 3.05) is 6.61 Å². The summed E-state index contributed by atoms with van der Waals surface area (Å²) in [5.74, 6) is 0. The van der Waals surface area contributed by atoms with E-state index in [1.807, 2.05) is 0 Å². The van der Waals surface area contributed by atoms with Crippen LogP contribution in [0.4, 0.5) is 52.7 Å². The van der Waals surface area contributed by atoms with Gasteiger partial charge in [0.1, 0.15) is 0 Å². The van der Waals surface area contributed by atoms with Crippen LogP contribution in [0.2, 0.25) is 0 Å². The lowest BCUT2D eigenvalue weighted by molar-refractivity contribution is -0.337. The van der Waals surface area contributed by atoms with E-state index in [0.717, 1.165) is 0 Å². The highest BCUT2D eigenvalue weighted by molar-refractivity contribution is 4.94. The molecule has 0 atom stereocenters. The first kappa shape index (κ1) is 28.1. The summed E-state index contributed by atoms with van der Waals surface area (Å²) >= 11 is 0. The minimum absolute atomic E-state index is 0.0999. The molecule has 1 N–H and O–H groups in total. The summed E-state index contributed by atoms with van der Waals surface area (Å²) in [6.45, 7) is 2.40. The molecule has 0 rings (SSSR count). The average Bonchev–Trinajstić information content (AvgIpc) is 2.40. The Balaban J connectivity index is 0. The number of hydrogen-bond acceptors (Lipinski definition) is 1. The molecule has 0 saturated carbocycles. The van der Waals surface area contributed by atoms with Crippen molar-refractivity contribution in [3.63, 3.8) is 0 Å². The Morgan fingerprint density at radius 1 is 0.667 bits per heavy atom. The molecule has 0 heterocycles. The van der Waals surface area contributed by atoms with E-state index < -0.39 is 61.4 Å². The van der Waals surface area contributed by atoms with Crippen molar-refractivity contribution in [3.05, 3.63) is 12.7 Å². The van der Waals surface area contributed by atoms with Crippen molar-refractivity contribution in [1.82, 2.24) is 0 Å².